The average molecular weight is 295 g/mol. The first kappa shape index (κ1) is 15.3. The lowest BCUT2D eigenvalue weighted by Crippen LogP contribution is -2.40. The maximum Gasteiger partial charge on any atom is 0.193 e. The monoisotopic (exact) mass is 295 g/mol. The van der Waals surface area contributed by atoms with Crippen LogP contribution < -0.4 is 5.32 Å². The number of thiophene rings is 1. The minimum absolute atomic E-state index is 0.770. The molecule has 0 atom stereocenters. The Morgan fingerprint density at radius 2 is 2.35 bits per heavy atom. The molecular formula is C15H25N3OS. The molecule has 0 aromatic carbocycles. The maximum absolute atomic E-state index is 5.67. The van der Waals surface area contributed by atoms with Crippen LogP contribution in [0.2, 0.25) is 0 Å². The number of nitrogens with one attached hydrogen (secondary N) is 1. The second-order valence-corrected chi connectivity index (χ2v) is 6.37. The number of guanidine groups is 1. The summed E-state index contributed by atoms with van der Waals surface area (Å²) in [5.41, 5.74) is 1.34. The molecule has 2 rings (SSSR count). The summed E-state index contributed by atoms with van der Waals surface area (Å²) in [4.78, 5) is 7.81. The van der Waals surface area contributed by atoms with Crippen molar-refractivity contribution in [1.29, 1.82) is 0 Å². The highest BCUT2D eigenvalue weighted by Crippen LogP contribution is 2.28. The predicted molar refractivity (Wildman–Crippen MR) is 85.4 cm³/mol. The first-order valence-electron chi connectivity index (χ1n) is 7.23. The van der Waals surface area contributed by atoms with E-state index in [1.54, 1.807) is 11.3 Å². The molecule has 0 unspecified atom stereocenters. The van der Waals surface area contributed by atoms with Crippen molar-refractivity contribution in [2.24, 2.45) is 10.9 Å². The molecule has 4 nitrogen and oxygen atoms in total. The van der Waals surface area contributed by atoms with E-state index in [0.29, 0.717) is 0 Å². The molecule has 0 bridgehead atoms. The Morgan fingerprint density at radius 1 is 1.55 bits per heavy atom. The number of nitrogens with zero attached hydrogens (tertiary/aromatic N) is 2. The Kier molecular flexibility index (Phi) is 5.86. The smallest absolute Gasteiger partial charge is 0.193 e. The summed E-state index contributed by atoms with van der Waals surface area (Å²) >= 11 is 1.78. The Bertz CT molecular complexity index is 440. The van der Waals surface area contributed by atoms with Crippen molar-refractivity contribution >= 4 is 17.3 Å². The summed E-state index contributed by atoms with van der Waals surface area (Å²) in [6.45, 7) is 5.55. The van der Waals surface area contributed by atoms with E-state index in [2.05, 4.69) is 40.6 Å². The van der Waals surface area contributed by atoms with Crippen LogP contribution in [-0.4, -0.2) is 44.7 Å². The first-order valence-corrected chi connectivity index (χ1v) is 8.11. The molecular weight excluding hydrogens is 270 g/mol. The topological polar surface area (TPSA) is 36.9 Å². The van der Waals surface area contributed by atoms with Crippen molar-refractivity contribution in [3.05, 3.63) is 21.9 Å². The molecule has 112 valence electrons. The molecule has 1 saturated carbocycles. The SMILES string of the molecule is CN=C(NCc1sccc1C)N(C)CCOCC1CC1. The fourth-order valence-corrected chi connectivity index (χ4v) is 2.82. The molecule has 5 heteroatoms. The van der Waals surface area contributed by atoms with E-state index in [1.807, 2.05) is 7.05 Å². The minimum atomic E-state index is 0.770. The number of aryl methyl sites for hydroxylation is 1. The van der Waals surface area contributed by atoms with E-state index in [4.69, 9.17) is 4.74 Å². The van der Waals surface area contributed by atoms with E-state index in [-0.39, 0.29) is 0 Å². The number of likely N-dealkylation sites (N-methyl/N-ethyl adjacent to an activating group) is 1. The average Bonchev–Trinajstić information content (AvgIpc) is 3.18. The lowest BCUT2D eigenvalue weighted by molar-refractivity contribution is 0.115. The van der Waals surface area contributed by atoms with Gasteiger partial charge in [-0.15, -0.1) is 11.3 Å². The lowest BCUT2D eigenvalue weighted by Gasteiger charge is -2.22. The Balaban J connectivity index is 1.68. The second kappa shape index (κ2) is 7.64. The van der Waals surface area contributed by atoms with Gasteiger partial charge in [0, 0.05) is 32.1 Å². The molecule has 20 heavy (non-hydrogen) atoms. The predicted octanol–water partition coefficient (Wildman–Crippen LogP) is 2.49. The van der Waals surface area contributed by atoms with Gasteiger partial charge in [-0.25, -0.2) is 0 Å². The minimum Gasteiger partial charge on any atom is -0.379 e. The molecule has 1 aromatic rings. The van der Waals surface area contributed by atoms with Gasteiger partial charge in [-0.05, 0) is 42.7 Å². The van der Waals surface area contributed by atoms with Crippen molar-refractivity contribution in [1.82, 2.24) is 10.2 Å². The third-order valence-corrected chi connectivity index (χ3v) is 4.59. The Labute approximate surface area is 125 Å². The summed E-state index contributed by atoms with van der Waals surface area (Å²) in [6.07, 6.45) is 2.69. The first-order chi connectivity index (χ1) is 9.70. The number of hydrogen-bond donors (Lipinski definition) is 1. The maximum atomic E-state index is 5.67. The molecule has 1 aliphatic rings. The van der Waals surface area contributed by atoms with Crippen molar-refractivity contribution < 1.29 is 4.74 Å². The summed E-state index contributed by atoms with van der Waals surface area (Å²) in [5.74, 6) is 1.76. The van der Waals surface area contributed by atoms with Crippen LogP contribution in [0.4, 0.5) is 0 Å². The third kappa shape index (κ3) is 4.80. The van der Waals surface area contributed by atoms with Gasteiger partial charge in [0.05, 0.1) is 13.2 Å². The Hall–Kier alpha value is -1.07. The van der Waals surface area contributed by atoms with Crippen LogP contribution >= 0.6 is 11.3 Å². The van der Waals surface area contributed by atoms with Crippen molar-refractivity contribution in [3.63, 3.8) is 0 Å². The molecule has 0 saturated heterocycles. The summed E-state index contributed by atoms with van der Waals surface area (Å²) in [6, 6.07) is 2.15. The third-order valence-electron chi connectivity index (χ3n) is 3.57. The molecule has 1 N–H and O–H groups in total. The molecule has 0 amide bonds. The summed E-state index contributed by atoms with van der Waals surface area (Å²) < 4.78 is 5.67. The molecule has 0 radical (unpaired) electrons. The van der Waals surface area contributed by atoms with Crippen LogP contribution in [0, 0.1) is 12.8 Å². The second-order valence-electron chi connectivity index (χ2n) is 5.37. The van der Waals surface area contributed by atoms with Crippen molar-refractivity contribution in [2.75, 3.05) is 33.9 Å². The molecule has 1 aromatic heterocycles. The zero-order valence-corrected chi connectivity index (χ0v) is 13.5. The van der Waals surface area contributed by atoms with Crippen LogP contribution in [0.15, 0.2) is 16.4 Å². The van der Waals surface area contributed by atoms with Gasteiger partial charge < -0.3 is 15.0 Å². The van der Waals surface area contributed by atoms with Gasteiger partial charge in [-0.2, -0.15) is 0 Å². The zero-order valence-electron chi connectivity index (χ0n) is 12.7. The molecule has 0 spiro atoms. The molecule has 0 aliphatic heterocycles. The Morgan fingerprint density at radius 3 is 2.95 bits per heavy atom. The van der Waals surface area contributed by atoms with Gasteiger partial charge in [-0.1, -0.05) is 0 Å². The number of hydrogen-bond acceptors (Lipinski definition) is 3. The summed E-state index contributed by atoms with van der Waals surface area (Å²) in [5, 5.41) is 5.53. The molecule has 1 heterocycles. The quantitative estimate of drug-likeness (QED) is 0.477. The van der Waals surface area contributed by atoms with E-state index in [0.717, 1.165) is 38.2 Å². The van der Waals surface area contributed by atoms with Gasteiger partial charge in [0.15, 0.2) is 5.96 Å². The molecule has 1 fully saturated rings. The highest BCUT2D eigenvalue weighted by atomic mass is 32.1. The lowest BCUT2D eigenvalue weighted by atomic mass is 10.3. The van der Waals surface area contributed by atoms with Crippen molar-refractivity contribution in [3.8, 4) is 0 Å². The van der Waals surface area contributed by atoms with Crippen LogP contribution in [0.25, 0.3) is 0 Å². The van der Waals surface area contributed by atoms with Crippen LogP contribution in [-0.2, 0) is 11.3 Å². The van der Waals surface area contributed by atoms with Crippen LogP contribution in [0.1, 0.15) is 23.3 Å². The van der Waals surface area contributed by atoms with Gasteiger partial charge in [-0.3, -0.25) is 4.99 Å². The van der Waals surface area contributed by atoms with Gasteiger partial charge in [0.1, 0.15) is 0 Å². The van der Waals surface area contributed by atoms with E-state index < -0.39 is 0 Å². The largest absolute Gasteiger partial charge is 0.379 e. The summed E-state index contributed by atoms with van der Waals surface area (Å²) in [7, 11) is 3.88. The van der Waals surface area contributed by atoms with Gasteiger partial charge in [0.25, 0.3) is 0 Å². The normalized spacial score (nSPS) is 15.4. The van der Waals surface area contributed by atoms with Crippen LogP contribution in [0.5, 0.6) is 0 Å². The van der Waals surface area contributed by atoms with E-state index >= 15 is 0 Å². The van der Waals surface area contributed by atoms with Crippen molar-refractivity contribution in [2.45, 2.75) is 26.3 Å². The van der Waals surface area contributed by atoms with Gasteiger partial charge >= 0.3 is 0 Å². The number of ether oxygens (including phenoxy) is 1. The van der Waals surface area contributed by atoms with E-state index in [1.165, 1.54) is 23.3 Å². The molecule has 1 aliphatic carbocycles. The van der Waals surface area contributed by atoms with E-state index in [9.17, 15) is 0 Å². The fraction of sp³-hybridized carbons (Fsp3) is 0.667. The standard InChI is InChI=1S/C15H25N3OS/c1-12-6-9-20-14(12)10-17-15(16-2)18(3)7-8-19-11-13-4-5-13/h6,9,13H,4-5,7-8,10-11H2,1-3H3,(H,16,17). The fourth-order valence-electron chi connectivity index (χ4n) is 1.97. The number of rotatable bonds is 7. The van der Waals surface area contributed by atoms with Gasteiger partial charge in [0.2, 0.25) is 0 Å². The van der Waals surface area contributed by atoms with Crippen LogP contribution in [0.3, 0.4) is 0 Å². The highest BCUT2D eigenvalue weighted by molar-refractivity contribution is 7.10. The number of aliphatic imine (C=N–C) groups is 1. The highest BCUT2D eigenvalue weighted by Gasteiger charge is 2.21. The zero-order chi connectivity index (χ0) is 14.4.